The van der Waals surface area contributed by atoms with Crippen LogP contribution in [0.3, 0.4) is 0 Å². The Balaban J connectivity index is 1.35. The van der Waals surface area contributed by atoms with Gasteiger partial charge in [0, 0.05) is 26.7 Å². The van der Waals surface area contributed by atoms with Crippen LogP contribution in [0.2, 0.25) is 0 Å². The van der Waals surface area contributed by atoms with Gasteiger partial charge in [0.05, 0.1) is 0 Å². The summed E-state index contributed by atoms with van der Waals surface area (Å²) in [7, 11) is 1.96. The summed E-state index contributed by atoms with van der Waals surface area (Å²) in [5.41, 5.74) is 1.31. The highest BCUT2D eigenvalue weighted by Gasteiger charge is 2.49. The molecule has 0 unspecified atom stereocenters. The third-order valence-corrected chi connectivity index (χ3v) is 6.76. The van der Waals surface area contributed by atoms with Crippen LogP contribution in [0.5, 0.6) is 0 Å². The van der Waals surface area contributed by atoms with E-state index in [2.05, 4.69) is 15.2 Å². The molecule has 4 aliphatic rings. The monoisotopic (exact) mass is 275 g/mol. The lowest BCUT2D eigenvalue weighted by atomic mass is 9.65. The molecule has 0 aromatic heterocycles. The predicted octanol–water partition coefficient (Wildman–Crippen LogP) is 3.02. The molecule has 1 spiro atoms. The molecular formula is C17H29N3. The van der Waals surface area contributed by atoms with E-state index in [1.54, 1.807) is 0 Å². The summed E-state index contributed by atoms with van der Waals surface area (Å²) in [6.07, 6.45) is 13.0. The first-order valence-electron chi connectivity index (χ1n) is 8.71. The van der Waals surface area contributed by atoms with Gasteiger partial charge in [0.25, 0.3) is 0 Å². The molecule has 1 aliphatic heterocycles. The first kappa shape index (κ1) is 13.0. The zero-order chi connectivity index (χ0) is 13.6. The van der Waals surface area contributed by atoms with Gasteiger partial charge in [0.15, 0.2) is 5.96 Å². The first-order chi connectivity index (χ1) is 9.75. The number of rotatable bonds is 3. The van der Waals surface area contributed by atoms with E-state index in [-0.39, 0.29) is 0 Å². The fraction of sp³-hybridized carbons (Fsp3) is 0.941. The van der Waals surface area contributed by atoms with Crippen LogP contribution in [0.15, 0.2) is 4.99 Å². The third kappa shape index (κ3) is 2.05. The van der Waals surface area contributed by atoms with Crippen molar-refractivity contribution in [3.63, 3.8) is 0 Å². The number of aliphatic imine (C=N–C) groups is 1. The number of hydrogen-bond acceptors (Lipinski definition) is 1. The molecular weight excluding hydrogens is 246 g/mol. The molecule has 1 N–H and O–H groups in total. The van der Waals surface area contributed by atoms with Crippen LogP contribution in [-0.2, 0) is 0 Å². The minimum Gasteiger partial charge on any atom is -0.356 e. The van der Waals surface area contributed by atoms with Crippen LogP contribution in [-0.4, -0.2) is 37.5 Å². The SMILES string of the molecule is CN=C(NCC1(C2CC2)CCC1)N1CCC2(CCC2)C1. The summed E-state index contributed by atoms with van der Waals surface area (Å²) in [6.45, 7) is 3.65. The van der Waals surface area contributed by atoms with E-state index < -0.39 is 0 Å². The minimum absolute atomic E-state index is 0.643. The van der Waals surface area contributed by atoms with Gasteiger partial charge in [-0.15, -0.1) is 0 Å². The standard InChI is InChI=1S/C17H29N3/c1-18-15(20-11-10-16(13-20)6-2-7-16)19-12-17(8-3-9-17)14-4-5-14/h14H,2-13H2,1H3,(H,18,19). The smallest absolute Gasteiger partial charge is 0.193 e. The molecule has 1 heterocycles. The van der Waals surface area contributed by atoms with Crippen LogP contribution >= 0.6 is 0 Å². The van der Waals surface area contributed by atoms with Crippen LogP contribution < -0.4 is 5.32 Å². The van der Waals surface area contributed by atoms with Crippen molar-refractivity contribution in [3.05, 3.63) is 0 Å². The van der Waals surface area contributed by atoms with Gasteiger partial charge in [-0.2, -0.15) is 0 Å². The largest absolute Gasteiger partial charge is 0.356 e. The van der Waals surface area contributed by atoms with Gasteiger partial charge in [-0.05, 0) is 61.7 Å². The summed E-state index contributed by atoms with van der Waals surface area (Å²) < 4.78 is 0. The van der Waals surface area contributed by atoms with Crippen LogP contribution in [0.25, 0.3) is 0 Å². The maximum Gasteiger partial charge on any atom is 0.193 e. The zero-order valence-corrected chi connectivity index (χ0v) is 13.0. The molecule has 3 saturated carbocycles. The van der Waals surface area contributed by atoms with Crippen molar-refractivity contribution in [2.75, 3.05) is 26.7 Å². The van der Waals surface area contributed by atoms with Crippen molar-refractivity contribution in [2.45, 2.75) is 57.8 Å². The van der Waals surface area contributed by atoms with Crippen molar-refractivity contribution in [3.8, 4) is 0 Å². The quantitative estimate of drug-likeness (QED) is 0.633. The van der Waals surface area contributed by atoms with Gasteiger partial charge in [-0.3, -0.25) is 4.99 Å². The molecule has 3 heteroatoms. The Kier molecular flexibility index (Phi) is 3.01. The number of guanidine groups is 1. The van der Waals surface area contributed by atoms with Crippen LogP contribution in [0.4, 0.5) is 0 Å². The lowest BCUT2D eigenvalue weighted by Crippen LogP contribution is -2.49. The van der Waals surface area contributed by atoms with Crippen molar-refractivity contribution < 1.29 is 0 Å². The van der Waals surface area contributed by atoms with Crippen molar-refractivity contribution >= 4 is 5.96 Å². The number of nitrogens with one attached hydrogen (secondary N) is 1. The van der Waals surface area contributed by atoms with Crippen molar-refractivity contribution in [1.29, 1.82) is 0 Å². The molecule has 112 valence electrons. The van der Waals surface area contributed by atoms with E-state index >= 15 is 0 Å². The fourth-order valence-electron chi connectivity index (χ4n) is 4.84. The van der Waals surface area contributed by atoms with Gasteiger partial charge in [-0.25, -0.2) is 0 Å². The zero-order valence-electron chi connectivity index (χ0n) is 13.0. The molecule has 0 aromatic carbocycles. The Labute approximate surface area is 123 Å². The van der Waals surface area contributed by atoms with Crippen LogP contribution in [0.1, 0.15) is 57.8 Å². The van der Waals surface area contributed by atoms with E-state index in [0.717, 1.165) is 5.92 Å². The fourth-order valence-corrected chi connectivity index (χ4v) is 4.84. The van der Waals surface area contributed by atoms with Gasteiger partial charge in [0.2, 0.25) is 0 Å². The summed E-state index contributed by atoms with van der Waals surface area (Å²) in [5.74, 6) is 2.21. The molecule has 0 aromatic rings. The molecule has 3 aliphatic carbocycles. The minimum atomic E-state index is 0.643. The molecule has 0 amide bonds. The number of hydrogen-bond donors (Lipinski definition) is 1. The molecule has 0 radical (unpaired) electrons. The highest BCUT2D eigenvalue weighted by molar-refractivity contribution is 5.80. The third-order valence-electron chi connectivity index (χ3n) is 6.76. The van der Waals surface area contributed by atoms with Gasteiger partial charge in [0.1, 0.15) is 0 Å². The Hall–Kier alpha value is -0.730. The van der Waals surface area contributed by atoms with Crippen molar-refractivity contribution in [2.24, 2.45) is 21.7 Å². The Morgan fingerprint density at radius 1 is 1.15 bits per heavy atom. The van der Waals surface area contributed by atoms with Crippen molar-refractivity contribution in [1.82, 2.24) is 10.2 Å². The average Bonchev–Trinajstić information content (AvgIpc) is 3.10. The highest BCUT2D eigenvalue weighted by atomic mass is 15.3. The van der Waals surface area contributed by atoms with E-state index in [9.17, 15) is 0 Å². The van der Waals surface area contributed by atoms with Gasteiger partial charge >= 0.3 is 0 Å². The van der Waals surface area contributed by atoms with E-state index in [1.165, 1.54) is 83.4 Å². The molecule has 0 atom stereocenters. The predicted molar refractivity (Wildman–Crippen MR) is 82.8 cm³/mol. The Bertz CT molecular complexity index is 402. The Morgan fingerprint density at radius 2 is 1.90 bits per heavy atom. The number of nitrogens with zero attached hydrogens (tertiary/aromatic N) is 2. The van der Waals surface area contributed by atoms with Gasteiger partial charge in [-0.1, -0.05) is 12.8 Å². The van der Waals surface area contributed by atoms with Crippen LogP contribution in [0, 0.1) is 16.7 Å². The average molecular weight is 275 g/mol. The maximum absolute atomic E-state index is 4.57. The molecule has 4 fully saturated rings. The molecule has 20 heavy (non-hydrogen) atoms. The van der Waals surface area contributed by atoms with E-state index in [4.69, 9.17) is 0 Å². The second kappa shape index (κ2) is 4.64. The molecule has 3 nitrogen and oxygen atoms in total. The summed E-state index contributed by atoms with van der Waals surface area (Å²) in [5, 5.41) is 3.74. The molecule has 1 saturated heterocycles. The second-order valence-corrected chi connectivity index (χ2v) is 7.92. The normalized spacial score (nSPS) is 31.1. The summed E-state index contributed by atoms with van der Waals surface area (Å²) in [4.78, 5) is 7.09. The second-order valence-electron chi connectivity index (χ2n) is 7.92. The van der Waals surface area contributed by atoms with E-state index in [0.29, 0.717) is 10.8 Å². The number of likely N-dealkylation sites (tertiary alicyclic amines) is 1. The highest BCUT2D eigenvalue weighted by Crippen LogP contribution is 2.56. The van der Waals surface area contributed by atoms with E-state index in [1.807, 2.05) is 7.05 Å². The van der Waals surface area contributed by atoms with Gasteiger partial charge < -0.3 is 10.2 Å². The summed E-state index contributed by atoms with van der Waals surface area (Å²) in [6, 6.07) is 0. The molecule has 4 rings (SSSR count). The summed E-state index contributed by atoms with van der Waals surface area (Å²) >= 11 is 0. The Morgan fingerprint density at radius 3 is 2.35 bits per heavy atom. The maximum atomic E-state index is 4.57. The molecule has 0 bridgehead atoms. The lowest BCUT2D eigenvalue weighted by molar-refractivity contribution is 0.104. The topological polar surface area (TPSA) is 27.6 Å². The lowest BCUT2D eigenvalue weighted by Gasteiger charge is -2.43. The first-order valence-corrected chi connectivity index (χ1v) is 8.71.